The number of hydrogen-bond donors (Lipinski definition) is 0. The number of carbonyl (C=O) groups excluding carboxylic acids is 3. The Morgan fingerprint density at radius 2 is 1.43 bits per heavy atom. The first-order valence-corrected chi connectivity index (χ1v) is 8.48. The Kier molecular flexibility index (Phi) is 5.13. The molecule has 0 aromatic heterocycles. The van der Waals surface area contributed by atoms with Gasteiger partial charge < -0.3 is 14.2 Å². The quantitative estimate of drug-likeness (QED) is 0.458. The zero-order valence-corrected chi connectivity index (χ0v) is 15.5. The van der Waals surface area contributed by atoms with E-state index in [1.807, 2.05) is 0 Å². The molecule has 1 aliphatic heterocycles. The van der Waals surface area contributed by atoms with Crippen molar-refractivity contribution in [2.75, 3.05) is 0 Å². The minimum absolute atomic E-state index is 0.00334. The van der Waals surface area contributed by atoms with Crippen molar-refractivity contribution in [1.29, 1.82) is 0 Å². The predicted octanol–water partition coefficient (Wildman–Crippen LogP) is 3.78. The summed E-state index contributed by atoms with van der Waals surface area (Å²) in [6.07, 6.45) is 0.00334. The van der Waals surface area contributed by atoms with Crippen LogP contribution in [0.3, 0.4) is 0 Å². The second-order valence-electron chi connectivity index (χ2n) is 6.47. The highest BCUT2D eigenvalue weighted by Gasteiger charge is 2.22. The molecule has 28 heavy (non-hydrogen) atoms. The molecule has 0 bridgehead atoms. The Bertz CT molecular complexity index is 950. The summed E-state index contributed by atoms with van der Waals surface area (Å²) in [5.41, 5.74) is 2.61. The lowest BCUT2D eigenvalue weighted by atomic mass is 9.97. The molecular weight excluding hydrogens is 360 g/mol. The third-order valence-corrected chi connectivity index (χ3v) is 4.00. The highest BCUT2D eigenvalue weighted by Crippen LogP contribution is 2.39. The topological polar surface area (TPSA) is 78.9 Å². The summed E-state index contributed by atoms with van der Waals surface area (Å²) in [6, 6.07) is 9.80. The molecule has 1 aliphatic rings. The lowest BCUT2D eigenvalue weighted by Gasteiger charge is -2.11. The van der Waals surface area contributed by atoms with Gasteiger partial charge in [-0.1, -0.05) is 19.2 Å². The molecule has 2 aromatic rings. The van der Waals surface area contributed by atoms with E-state index in [0.717, 1.165) is 5.56 Å². The van der Waals surface area contributed by atoms with Crippen LogP contribution in [0.25, 0.3) is 11.1 Å². The SMILES string of the molecule is C=C(C)C(=O)Oc1ccc2c(c1)CC(=O)Oc1cc(OC(=O)C(=C)C)ccc1-2. The molecule has 0 spiro atoms. The maximum absolute atomic E-state index is 12.2. The number of ether oxygens (including phenoxy) is 3. The van der Waals surface area contributed by atoms with E-state index in [0.29, 0.717) is 16.9 Å². The highest BCUT2D eigenvalue weighted by molar-refractivity contribution is 5.91. The van der Waals surface area contributed by atoms with Crippen molar-refractivity contribution in [3.05, 3.63) is 66.3 Å². The molecule has 142 valence electrons. The van der Waals surface area contributed by atoms with E-state index in [1.165, 1.54) is 6.07 Å². The van der Waals surface area contributed by atoms with E-state index >= 15 is 0 Å². The van der Waals surface area contributed by atoms with Crippen molar-refractivity contribution in [3.8, 4) is 28.4 Å². The number of fused-ring (bicyclic) bond motifs is 3. The van der Waals surface area contributed by atoms with Crippen LogP contribution >= 0.6 is 0 Å². The molecule has 6 heteroatoms. The Balaban J connectivity index is 1.98. The first-order valence-electron chi connectivity index (χ1n) is 8.48. The fourth-order valence-electron chi connectivity index (χ4n) is 2.62. The van der Waals surface area contributed by atoms with Crippen LogP contribution in [0, 0.1) is 0 Å². The van der Waals surface area contributed by atoms with E-state index in [2.05, 4.69) is 13.2 Å². The van der Waals surface area contributed by atoms with Crippen molar-refractivity contribution < 1.29 is 28.6 Å². The summed E-state index contributed by atoms with van der Waals surface area (Å²) in [5.74, 6) is -0.746. The minimum Gasteiger partial charge on any atom is -0.425 e. The molecule has 3 rings (SSSR count). The molecule has 0 aliphatic carbocycles. The Morgan fingerprint density at radius 3 is 2.00 bits per heavy atom. The van der Waals surface area contributed by atoms with Gasteiger partial charge in [0.2, 0.25) is 0 Å². The van der Waals surface area contributed by atoms with Crippen molar-refractivity contribution >= 4 is 17.9 Å². The summed E-state index contributed by atoms with van der Waals surface area (Å²) in [7, 11) is 0. The van der Waals surface area contributed by atoms with Gasteiger partial charge in [0.15, 0.2) is 0 Å². The molecule has 6 nitrogen and oxygen atoms in total. The van der Waals surface area contributed by atoms with Crippen molar-refractivity contribution in [3.63, 3.8) is 0 Å². The van der Waals surface area contributed by atoms with Gasteiger partial charge in [-0.05, 0) is 49.2 Å². The smallest absolute Gasteiger partial charge is 0.338 e. The Morgan fingerprint density at radius 1 is 0.893 bits per heavy atom. The van der Waals surface area contributed by atoms with Crippen LogP contribution in [0.1, 0.15) is 19.4 Å². The number of hydrogen-bond acceptors (Lipinski definition) is 6. The standard InChI is InChI=1S/C22H18O6/c1-12(2)21(24)26-15-5-7-17-14(9-15)10-20(23)28-19-11-16(6-8-18(17)19)27-22(25)13(3)4/h5-9,11H,1,3,10H2,2,4H3. The minimum atomic E-state index is -0.565. The van der Waals surface area contributed by atoms with E-state index in [1.54, 1.807) is 44.2 Å². The molecule has 0 amide bonds. The van der Waals surface area contributed by atoms with Gasteiger partial charge in [-0.25, -0.2) is 9.59 Å². The molecule has 0 saturated heterocycles. The number of rotatable bonds is 4. The monoisotopic (exact) mass is 378 g/mol. The van der Waals surface area contributed by atoms with E-state index < -0.39 is 17.9 Å². The van der Waals surface area contributed by atoms with Crippen LogP contribution < -0.4 is 14.2 Å². The van der Waals surface area contributed by atoms with Crippen LogP contribution in [0.4, 0.5) is 0 Å². The highest BCUT2D eigenvalue weighted by atomic mass is 16.5. The molecule has 0 unspecified atom stereocenters. The van der Waals surface area contributed by atoms with Crippen LogP contribution in [-0.2, 0) is 20.8 Å². The van der Waals surface area contributed by atoms with Crippen molar-refractivity contribution in [2.24, 2.45) is 0 Å². The summed E-state index contributed by atoms with van der Waals surface area (Å²) < 4.78 is 15.8. The predicted molar refractivity (Wildman–Crippen MR) is 102 cm³/mol. The average molecular weight is 378 g/mol. The first-order chi connectivity index (χ1) is 13.2. The van der Waals surface area contributed by atoms with Gasteiger partial charge in [0.25, 0.3) is 0 Å². The number of benzene rings is 2. The van der Waals surface area contributed by atoms with Crippen LogP contribution in [0.15, 0.2) is 60.7 Å². The zero-order chi connectivity index (χ0) is 20.4. The molecule has 0 fully saturated rings. The molecule has 2 aromatic carbocycles. The van der Waals surface area contributed by atoms with Crippen LogP contribution in [0.2, 0.25) is 0 Å². The van der Waals surface area contributed by atoms with Gasteiger partial charge in [-0.15, -0.1) is 0 Å². The van der Waals surface area contributed by atoms with Gasteiger partial charge in [-0.3, -0.25) is 4.79 Å². The Hall–Kier alpha value is -3.67. The number of carbonyl (C=O) groups is 3. The second-order valence-corrected chi connectivity index (χ2v) is 6.47. The second kappa shape index (κ2) is 7.52. The average Bonchev–Trinajstić information content (AvgIpc) is 2.75. The van der Waals surface area contributed by atoms with E-state index in [9.17, 15) is 14.4 Å². The van der Waals surface area contributed by atoms with Crippen molar-refractivity contribution in [2.45, 2.75) is 20.3 Å². The lowest BCUT2D eigenvalue weighted by molar-refractivity contribution is -0.133. The largest absolute Gasteiger partial charge is 0.425 e. The molecule has 0 saturated carbocycles. The molecule has 0 radical (unpaired) electrons. The first kappa shape index (κ1) is 19.1. The van der Waals surface area contributed by atoms with Crippen molar-refractivity contribution in [1.82, 2.24) is 0 Å². The summed E-state index contributed by atoms with van der Waals surface area (Å²) in [6.45, 7) is 10.2. The fourth-order valence-corrected chi connectivity index (χ4v) is 2.62. The third kappa shape index (κ3) is 4.01. The van der Waals surface area contributed by atoms with Gasteiger partial charge in [0, 0.05) is 22.8 Å². The van der Waals surface area contributed by atoms with Crippen LogP contribution in [0.5, 0.6) is 17.2 Å². The fraction of sp³-hybridized carbons (Fsp3) is 0.136. The van der Waals surface area contributed by atoms with Gasteiger partial charge >= 0.3 is 17.9 Å². The van der Waals surface area contributed by atoms with Gasteiger partial charge in [0.1, 0.15) is 17.2 Å². The lowest BCUT2D eigenvalue weighted by Crippen LogP contribution is -2.11. The summed E-state index contributed by atoms with van der Waals surface area (Å²) in [5, 5.41) is 0. The zero-order valence-electron chi connectivity index (χ0n) is 15.5. The van der Waals surface area contributed by atoms with E-state index in [-0.39, 0.29) is 29.1 Å². The molecule has 1 heterocycles. The normalized spacial score (nSPS) is 12.0. The maximum Gasteiger partial charge on any atom is 0.338 e. The molecular formula is C22H18O6. The van der Waals surface area contributed by atoms with Gasteiger partial charge in [0.05, 0.1) is 6.42 Å². The van der Waals surface area contributed by atoms with Crippen LogP contribution in [-0.4, -0.2) is 17.9 Å². The summed E-state index contributed by atoms with van der Waals surface area (Å²) >= 11 is 0. The molecule has 0 atom stereocenters. The maximum atomic E-state index is 12.2. The Labute approximate surface area is 162 Å². The number of esters is 3. The molecule has 0 N–H and O–H groups in total. The van der Waals surface area contributed by atoms with E-state index in [4.69, 9.17) is 14.2 Å². The third-order valence-electron chi connectivity index (χ3n) is 4.00. The summed E-state index contributed by atoms with van der Waals surface area (Å²) in [4.78, 5) is 35.7. The van der Waals surface area contributed by atoms with Gasteiger partial charge in [-0.2, -0.15) is 0 Å².